The highest BCUT2D eigenvalue weighted by Gasteiger charge is 2.42. The van der Waals surface area contributed by atoms with E-state index in [1.165, 1.54) is 12.3 Å². The lowest BCUT2D eigenvalue weighted by Gasteiger charge is -2.22. The number of rotatable bonds is 6. The Morgan fingerprint density at radius 2 is 1.96 bits per heavy atom. The van der Waals surface area contributed by atoms with Gasteiger partial charge in [0, 0.05) is 12.6 Å². The summed E-state index contributed by atoms with van der Waals surface area (Å²) < 4.78 is 54.7. The highest BCUT2D eigenvalue weighted by molar-refractivity contribution is 7.91. The van der Waals surface area contributed by atoms with E-state index in [2.05, 4.69) is 9.38 Å². The lowest BCUT2D eigenvalue weighted by molar-refractivity contribution is -0.181. The van der Waals surface area contributed by atoms with Crippen LogP contribution in [0.2, 0.25) is 0 Å². The maximum atomic E-state index is 13.1. The molecule has 0 aromatic carbocycles. The van der Waals surface area contributed by atoms with Crippen LogP contribution in [0, 0.1) is 5.92 Å². The Balaban J connectivity index is 3.22. The fourth-order valence-corrected chi connectivity index (χ4v) is 2.35. The van der Waals surface area contributed by atoms with Gasteiger partial charge >= 0.3 is 12.1 Å². The smallest absolute Gasteiger partial charge is 0.392 e. The molecular weight excluding hydrogens is 345 g/mol. The SMILES string of the molecule is CC(C)(C)[S+]([O-])N=C(CC(CC(=O)O)C(F)(F)F)c1ccccn1. The van der Waals surface area contributed by atoms with E-state index >= 15 is 0 Å². The summed E-state index contributed by atoms with van der Waals surface area (Å²) in [6.07, 6.45) is -5.12. The molecule has 5 nitrogen and oxygen atoms in total. The first-order valence-electron chi connectivity index (χ1n) is 7.10. The highest BCUT2D eigenvalue weighted by Crippen LogP contribution is 2.33. The molecule has 0 aliphatic rings. The second-order valence-electron chi connectivity index (χ2n) is 6.16. The van der Waals surface area contributed by atoms with Gasteiger partial charge in [0.15, 0.2) is 0 Å². The molecule has 0 aliphatic carbocycles. The van der Waals surface area contributed by atoms with Gasteiger partial charge in [-0.05, 0) is 32.9 Å². The summed E-state index contributed by atoms with van der Waals surface area (Å²) in [5.41, 5.74) is 0.0298. The van der Waals surface area contributed by atoms with Crippen LogP contribution in [-0.4, -0.2) is 37.2 Å². The minimum atomic E-state index is -4.71. The van der Waals surface area contributed by atoms with Crippen molar-refractivity contribution in [3.8, 4) is 0 Å². The number of aliphatic carboxylic acids is 1. The maximum Gasteiger partial charge on any atom is 0.392 e. The van der Waals surface area contributed by atoms with Crippen LogP contribution in [0.3, 0.4) is 0 Å². The van der Waals surface area contributed by atoms with E-state index < -0.39 is 47.0 Å². The van der Waals surface area contributed by atoms with Gasteiger partial charge in [0.1, 0.15) is 21.8 Å². The number of carboxylic acids is 1. The van der Waals surface area contributed by atoms with Crippen LogP contribution in [0.5, 0.6) is 0 Å². The number of nitrogens with zero attached hydrogens (tertiary/aromatic N) is 2. The first-order valence-corrected chi connectivity index (χ1v) is 8.21. The van der Waals surface area contributed by atoms with Crippen LogP contribution in [0.1, 0.15) is 39.3 Å². The van der Waals surface area contributed by atoms with Crippen LogP contribution in [-0.2, 0) is 16.2 Å². The number of aromatic nitrogens is 1. The summed E-state index contributed by atoms with van der Waals surface area (Å²) >= 11 is -1.79. The van der Waals surface area contributed by atoms with Gasteiger partial charge < -0.3 is 9.66 Å². The second-order valence-corrected chi connectivity index (χ2v) is 8.06. The lowest BCUT2D eigenvalue weighted by atomic mass is 9.96. The molecule has 0 bridgehead atoms. The first kappa shape index (κ1) is 20.4. The van der Waals surface area contributed by atoms with Gasteiger partial charge in [-0.1, -0.05) is 10.5 Å². The topological polar surface area (TPSA) is 85.6 Å². The van der Waals surface area contributed by atoms with Crippen molar-refractivity contribution in [1.82, 2.24) is 4.98 Å². The molecule has 1 N–H and O–H groups in total. The summed E-state index contributed by atoms with van der Waals surface area (Å²) in [4.78, 5) is 14.7. The summed E-state index contributed by atoms with van der Waals surface area (Å²) in [6.45, 7) is 4.92. The van der Waals surface area contributed by atoms with Crippen molar-refractivity contribution in [3.63, 3.8) is 0 Å². The zero-order valence-corrected chi connectivity index (χ0v) is 14.3. The fraction of sp³-hybridized carbons (Fsp3) is 0.533. The van der Waals surface area contributed by atoms with Crippen LogP contribution in [0.4, 0.5) is 13.2 Å². The molecule has 24 heavy (non-hydrogen) atoms. The third kappa shape index (κ3) is 6.48. The minimum Gasteiger partial charge on any atom is -0.591 e. The second kappa shape index (κ2) is 7.98. The van der Waals surface area contributed by atoms with E-state index in [0.29, 0.717) is 0 Å². The third-order valence-corrected chi connectivity index (χ3v) is 4.44. The lowest BCUT2D eigenvalue weighted by Crippen LogP contribution is -2.31. The summed E-state index contributed by atoms with van der Waals surface area (Å²) in [6, 6.07) is 4.60. The number of alkyl halides is 3. The van der Waals surface area contributed by atoms with Crippen LogP contribution >= 0.6 is 0 Å². The molecule has 0 radical (unpaired) electrons. The van der Waals surface area contributed by atoms with Crippen molar-refractivity contribution in [2.24, 2.45) is 10.3 Å². The minimum absolute atomic E-state index is 0.118. The Morgan fingerprint density at radius 3 is 2.38 bits per heavy atom. The first-order chi connectivity index (χ1) is 10.9. The zero-order chi connectivity index (χ0) is 18.5. The molecule has 0 spiro atoms. The van der Waals surface area contributed by atoms with Crippen LogP contribution in [0.25, 0.3) is 0 Å². The van der Waals surface area contributed by atoms with Crippen LogP contribution < -0.4 is 0 Å². The quantitative estimate of drug-likeness (QED) is 0.619. The van der Waals surface area contributed by atoms with Gasteiger partial charge in [0.05, 0.1) is 18.0 Å². The molecule has 0 amide bonds. The van der Waals surface area contributed by atoms with Crippen molar-refractivity contribution in [1.29, 1.82) is 0 Å². The molecule has 1 rings (SSSR count). The van der Waals surface area contributed by atoms with E-state index in [0.717, 1.165) is 0 Å². The molecule has 0 saturated heterocycles. The number of hydrogen-bond donors (Lipinski definition) is 1. The number of carboxylic acid groups (broad SMARTS) is 1. The molecule has 1 aromatic heterocycles. The Bertz CT molecular complexity index is 586. The van der Waals surface area contributed by atoms with E-state index in [1.54, 1.807) is 32.9 Å². The van der Waals surface area contributed by atoms with Gasteiger partial charge in [-0.25, -0.2) is 0 Å². The number of hydrogen-bond acceptors (Lipinski definition) is 4. The van der Waals surface area contributed by atoms with E-state index in [1.807, 2.05) is 0 Å². The van der Waals surface area contributed by atoms with Crippen molar-refractivity contribution >= 4 is 23.0 Å². The standard InChI is InChI=1S/C15H19F3N2O3S/c1-14(2,3)24(23)20-12(11-6-4-5-7-19-11)8-10(9-13(21)22)15(16,17)18/h4-7,10H,8-9H2,1-3H3,(H,21,22). The van der Waals surface area contributed by atoms with Crippen LogP contribution in [0.15, 0.2) is 28.8 Å². The summed E-state index contributed by atoms with van der Waals surface area (Å²) in [7, 11) is 0. The average molecular weight is 364 g/mol. The van der Waals surface area contributed by atoms with Crippen molar-refractivity contribution in [3.05, 3.63) is 30.1 Å². The molecule has 134 valence electrons. The Labute approximate surface area is 141 Å². The van der Waals surface area contributed by atoms with Gasteiger partial charge in [-0.3, -0.25) is 9.78 Å². The predicted octanol–water partition coefficient (Wildman–Crippen LogP) is 3.38. The fourth-order valence-electron chi connectivity index (χ4n) is 1.71. The Kier molecular flexibility index (Phi) is 6.79. The van der Waals surface area contributed by atoms with E-state index in [-0.39, 0.29) is 11.4 Å². The molecule has 9 heteroatoms. The molecule has 0 saturated carbocycles. The average Bonchev–Trinajstić information content (AvgIpc) is 2.44. The molecule has 2 atom stereocenters. The third-order valence-electron chi connectivity index (χ3n) is 3.00. The number of halogens is 3. The van der Waals surface area contributed by atoms with Gasteiger partial charge in [-0.15, -0.1) is 0 Å². The summed E-state index contributed by atoms with van der Waals surface area (Å²) in [5, 5.41) is 8.73. The monoisotopic (exact) mass is 364 g/mol. The molecule has 0 aliphatic heterocycles. The highest BCUT2D eigenvalue weighted by atomic mass is 32.2. The molecule has 0 fully saturated rings. The Hall–Kier alpha value is -1.61. The molecule has 1 heterocycles. The molecule has 2 unspecified atom stereocenters. The van der Waals surface area contributed by atoms with E-state index in [4.69, 9.17) is 5.11 Å². The van der Waals surface area contributed by atoms with Gasteiger partial charge in [-0.2, -0.15) is 13.2 Å². The largest absolute Gasteiger partial charge is 0.591 e. The molecular formula is C15H19F3N2O3S. The molecule has 1 aromatic rings. The Morgan fingerprint density at radius 1 is 1.33 bits per heavy atom. The van der Waals surface area contributed by atoms with Gasteiger partial charge in [0.25, 0.3) is 0 Å². The zero-order valence-electron chi connectivity index (χ0n) is 13.5. The number of carbonyl (C=O) groups is 1. The maximum absolute atomic E-state index is 13.1. The van der Waals surface area contributed by atoms with E-state index in [9.17, 15) is 22.5 Å². The van der Waals surface area contributed by atoms with Crippen molar-refractivity contribution < 1.29 is 27.6 Å². The number of pyridine rings is 1. The van der Waals surface area contributed by atoms with Crippen molar-refractivity contribution in [2.75, 3.05) is 0 Å². The van der Waals surface area contributed by atoms with Gasteiger partial charge in [0.2, 0.25) is 0 Å². The summed E-state index contributed by atoms with van der Waals surface area (Å²) in [5.74, 6) is -3.69. The predicted molar refractivity (Wildman–Crippen MR) is 85.1 cm³/mol. The van der Waals surface area contributed by atoms with Crippen molar-refractivity contribution in [2.45, 2.75) is 44.5 Å². The normalized spacial score (nSPS) is 15.9.